The number of halogens is 1. The van der Waals surface area contributed by atoms with Gasteiger partial charge in [-0.15, -0.1) is 5.10 Å². The highest BCUT2D eigenvalue weighted by atomic mass is 79.9. The van der Waals surface area contributed by atoms with Crippen molar-refractivity contribution in [1.29, 1.82) is 0 Å². The average molecular weight is 268 g/mol. The third kappa shape index (κ3) is 1.59. The zero-order chi connectivity index (χ0) is 10.3. The van der Waals surface area contributed by atoms with E-state index in [2.05, 4.69) is 36.6 Å². The topological polar surface area (TPSA) is 54.2 Å². The quantitative estimate of drug-likeness (QED) is 0.848. The number of nitrogens with zero attached hydrogens (tertiary/aromatic N) is 3. The molecule has 0 spiro atoms. The van der Waals surface area contributed by atoms with Gasteiger partial charge in [-0.25, -0.2) is 4.52 Å². The zero-order valence-corrected chi connectivity index (χ0v) is 9.53. The Bertz CT molecular complexity index is 490. The molecule has 1 aliphatic heterocycles. The predicted molar refractivity (Wildman–Crippen MR) is 61.0 cm³/mol. The van der Waals surface area contributed by atoms with Crippen LogP contribution in [0.3, 0.4) is 0 Å². The standard InChI is InChI=1S/C9H10BrN5/c10-7-2-1-3-15-8(7)13-9(14-15)12-6-4-11-5-6/h1-3,6,11H,4-5H2,(H,12,14). The van der Waals surface area contributed by atoms with Crippen molar-refractivity contribution < 1.29 is 0 Å². The Hall–Kier alpha value is -1.14. The Balaban J connectivity index is 1.95. The lowest BCUT2D eigenvalue weighted by Crippen LogP contribution is -2.51. The molecular formula is C9H10BrN5. The summed E-state index contributed by atoms with van der Waals surface area (Å²) in [4.78, 5) is 4.40. The maximum atomic E-state index is 4.40. The third-order valence-electron chi connectivity index (χ3n) is 2.43. The Morgan fingerprint density at radius 2 is 2.40 bits per heavy atom. The van der Waals surface area contributed by atoms with E-state index in [1.54, 1.807) is 4.52 Å². The van der Waals surface area contributed by atoms with Crippen LogP contribution in [0.1, 0.15) is 0 Å². The van der Waals surface area contributed by atoms with Gasteiger partial charge in [0.2, 0.25) is 5.95 Å². The van der Waals surface area contributed by atoms with Crippen molar-refractivity contribution in [3.05, 3.63) is 22.8 Å². The smallest absolute Gasteiger partial charge is 0.243 e. The summed E-state index contributed by atoms with van der Waals surface area (Å²) in [5.74, 6) is 0.688. The second kappa shape index (κ2) is 3.46. The van der Waals surface area contributed by atoms with E-state index >= 15 is 0 Å². The first kappa shape index (κ1) is 9.11. The first-order valence-corrected chi connectivity index (χ1v) is 5.60. The second-order valence-corrected chi connectivity index (χ2v) is 4.41. The maximum Gasteiger partial charge on any atom is 0.243 e. The van der Waals surface area contributed by atoms with Crippen LogP contribution in [0, 0.1) is 0 Å². The largest absolute Gasteiger partial charge is 0.348 e. The van der Waals surface area contributed by atoms with Crippen molar-refractivity contribution in [2.24, 2.45) is 0 Å². The van der Waals surface area contributed by atoms with Crippen molar-refractivity contribution in [3.63, 3.8) is 0 Å². The molecule has 0 saturated carbocycles. The van der Waals surface area contributed by atoms with Crippen molar-refractivity contribution in [2.45, 2.75) is 6.04 Å². The number of pyridine rings is 1. The molecule has 6 heteroatoms. The van der Waals surface area contributed by atoms with Crippen LogP contribution in [-0.4, -0.2) is 33.7 Å². The fourth-order valence-electron chi connectivity index (χ4n) is 1.51. The van der Waals surface area contributed by atoms with Gasteiger partial charge >= 0.3 is 0 Å². The first-order chi connectivity index (χ1) is 7.33. The highest BCUT2D eigenvalue weighted by Gasteiger charge is 2.18. The van der Waals surface area contributed by atoms with Gasteiger partial charge in [0.15, 0.2) is 5.65 Å². The van der Waals surface area contributed by atoms with Gasteiger partial charge in [-0.2, -0.15) is 4.98 Å². The normalized spacial score (nSPS) is 16.6. The molecule has 2 aromatic heterocycles. The van der Waals surface area contributed by atoms with Gasteiger partial charge in [-0.1, -0.05) is 0 Å². The maximum absolute atomic E-state index is 4.40. The number of rotatable bonds is 2. The van der Waals surface area contributed by atoms with E-state index in [-0.39, 0.29) is 0 Å². The van der Waals surface area contributed by atoms with Gasteiger partial charge in [0.05, 0.1) is 10.5 Å². The molecule has 3 heterocycles. The van der Waals surface area contributed by atoms with Crippen LogP contribution in [0.5, 0.6) is 0 Å². The molecule has 15 heavy (non-hydrogen) atoms. The number of anilines is 1. The number of nitrogens with one attached hydrogen (secondary N) is 2. The lowest BCUT2D eigenvalue weighted by molar-refractivity contribution is 0.470. The monoisotopic (exact) mass is 267 g/mol. The van der Waals surface area contributed by atoms with Gasteiger partial charge in [-0.05, 0) is 28.1 Å². The Morgan fingerprint density at radius 1 is 1.53 bits per heavy atom. The van der Waals surface area contributed by atoms with Gasteiger partial charge < -0.3 is 10.6 Å². The van der Waals surface area contributed by atoms with E-state index in [1.807, 2.05) is 18.3 Å². The second-order valence-electron chi connectivity index (χ2n) is 3.56. The van der Waals surface area contributed by atoms with E-state index in [0.717, 1.165) is 23.2 Å². The Kier molecular flexibility index (Phi) is 2.10. The average Bonchev–Trinajstić information content (AvgIpc) is 2.56. The summed E-state index contributed by atoms with van der Waals surface area (Å²) in [6.45, 7) is 1.97. The fraction of sp³-hybridized carbons (Fsp3) is 0.333. The van der Waals surface area contributed by atoms with Crippen LogP contribution in [0.2, 0.25) is 0 Å². The predicted octanol–water partition coefficient (Wildman–Crippen LogP) is 0.875. The van der Waals surface area contributed by atoms with Crippen LogP contribution >= 0.6 is 15.9 Å². The molecule has 78 valence electrons. The summed E-state index contributed by atoms with van der Waals surface area (Å²) >= 11 is 3.44. The highest BCUT2D eigenvalue weighted by molar-refractivity contribution is 9.10. The molecule has 1 aliphatic rings. The number of fused-ring (bicyclic) bond motifs is 1. The molecule has 0 aliphatic carbocycles. The Morgan fingerprint density at radius 3 is 3.07 bits per heavy atom. The van der Waals surface area contributed by atoms with Gasteiger partial charge in [0, 0.05) is 19.3 Å². The van der Waals surface area contributed by atoms with Gasteiger partial charge in [0.1, 0.15) is 0 Å². The molecule has 0 amide bonds. The summed E-state index contributed by atoms with van der Waals surface area (Å²) in [5.41, 5.74) is 0.840. The van der Waals surface area contributed by atoms with Crippen LogP contribution in [0.4, 0.5) is 5.95 Å². The molecular weight excluding hydrogens is 258 g/mol. The molecule has 0 radical (unpaired) electrons. The molecule has 0 bridgehead atoms. The van der Waals surface area contributed by atoms with E-state index in [9.17, 15) is 0 Å². The zero-order valence-electron chi connectivity index (χ0n) is 7.94. The molecule has 2 N–H and O–H groups in total. The highest BCUT2D eigenvalue weighted by Crippen LogP contribution is 2.17. The summed E-state index contributed by atoms with van der Waals surface area (Å²) in [6, 6.07) is 4.35. The molecule has 0 aromatic carbocycles. The lowest BCUT2D eigenvalue weighted by Gasteiger charge is -2.27. The van der Waals surface area contributed by atoms with Crippen molar-refractivity contribution in [3.8, 4) is 0 Å². The molecule has 0 atom stereocenters. The minimum Gasteiger partial charge on any atom is -0.348 e. The van der Waals surface area contributed by atoms with Gasteiger partial charge in [-0.3, -0.25) is 0 Å². The molecule has 0 unspecified atom stereocenters. The minimum absolute atomic E-state index is 0.459. The first-order valence-electron chi connectivity index (χ1n) is 4.81. The van der Waals surface area contributed by atoms with E-state index in [4.69, 9.17) is 0 Å². The van der Waals surface area contributed by atoms with Crippen LogP contribution in [0.15, 0.2) is 22.8 Å². The van der Waals surface area contributed by atoms with Crippen LogP contribution in [0.25, 0.3) is 5.65 Å². The third-order valence-corrected chi connectivity index (χ3v) is 3.05. The van der Waals surface area contributed by atoms with E-state index in [1.165, 1.54) is 0 Å². The summed E-state index contributed by atoms with van der Waals surface area (Å²) in [6.07, 6.45) is 1.89. The Labute approximate surface area is 95.0 Å². The van der Waals surface area contributed by atoms with Crippen molar-refractivity contribution in [2.75, 3.05) is 18.4 Å². The summed E-state index contributed by atoms with van der Waals surface area (Å²) in [5, 5.41) is 10.8. The SMILES string of the molecule is Brc1cccn2nc(NC3CNC3)nc12. The van der Waals surface area contributed by atoms with E-state index < -0.39 is 0 Å². The van der Waals surface area contributed by atoms with Crippen LogP contribution < -0.4 is 10.6 Å². The van der Waals surface area contributed by atoms with Crippen molar-refractivity contribution >= 4 is 27.5 Å². The van der Waals surface area contributed by atoms with E-state index in [0.29, 0.717) is 12.0 Å². The molecule has 1 saturated heterocycles. The summed E-state index contributed by atoms with van der Waals surface area (Å²) < 4.78 is 2.72. The molecule has 5 nitrogen and oxygen atoms in total. The van der Waals surface area contributed by atoms with Crippen LogP contribution in [-0.2, 0) is 0 Å². The molecule has 2 aromatic rings. The number of hydrogen-bond acceptors (Lipinski definition) is 4. The lowest BCUT2D eigenvalue weighted by atomic mass is 10.2. The summed E-state index contributed by atoms with van der Waals surface area (Å²) in [7, 11) is 0. The number of hydrogen-bond donors (Lipinski definition) is 2. The van der Waals surface area contributed by atoms with Crippen molar-refractivity contribution in [1.82, 2.24) is 19.9 Å². The van der Waals surface area contributed by atoms with Gasteiger partial charge in [0.25, 0.3) is 0 Å². The molecule has 1 fully saturated rings. The number of aromatic nitrogens is 3. The minimum atomic E-state index is 0.459. The molecule has 3 rings (SSSR count). The fourth-order valence-corrected chi connectivity index (χ4v) is 1.93.